The highest BCUT2D eigenvalue weighted by Gasteiger charge is 2.15. The van der Waals surface area contributed by atoms with Crippen molar-refractivity contribution in [2.24, 2.45) is 0 Å². The van der Waals surface area contributed by atoms with Crippen molar-refractivity contribution in [1.29, 1.82) is 0 Å². The third-order valence-electron chi connectivity index (χ3n) is 5.44. The van der Waals surface area contributed by atoms with Gasteiger partial charge in [0, 0.05) is 36.8 Å². The Morgan fingerprint density at radius 1 is 1.06 bits per heavy atom. The number of fused-ring (bicyclic) bond motifs is 1. The van der Waals surface area contributed by atoms with Crippen molar-refractivity contribution in [1.82, 2.24) is 9.88 Å². The van der Waals surface area contributed by atoms with Crippen LogP contribution in [0.1, 0.15) is 21.6 Å². The van der Waals surface area contributed by atoms with E-state index < -0.39 is 11.5 Å². The quantitative estimate of drug-likeness (QED) is 0.405. The van der Waals surface area contributed by atoms with E-state index in [1.807, 2.05) is 34.9 Å². The molecule has 0 bridgehead atoms. The van der Waals surface area contributed by atoms with Crippen molar-refractivity contribution in [3.8, 4) is 11.5 Å². The van der Waals surface area contributed by atoms with Crippen LogP contribution >= 0.6 is 0 Å². The number of nitrogens with one attached hydrogen (secondary N) is 1. The van der Waals surface area contributed by atoms with Gasteiger partial charge in [0.05, 0.1) is 12.8 Å². The van der Waals surface area contributed by atoms with Gasteiger partial charge in [-0.1, -0.05) is 30.3 Å². The number of hydrogen-bond acceptors (Lipinski definition) is 6. The number of carbonyl (C=O) groups excluding carboxylic acids is 1. The molecular formula is C26H24N2O6. The highest BCUT2D eigenvalue weighted by molar-refractivity contribution is 5.96. The molecule has 0 unspecified atom stereocenters. The molecule has 0 spiro atoms. The first-order chi connectivity index (χ1) is 16.5. The molecule has 0 aliphatic carbocycles. The molecule has 4 rings (SSSR count). The fourth-order valence-electron chi connectivity index (χ4n) is 3.56. The number of methoxy groups -OCH3 is 1. The van der Waals surface area contributed by atoms with Gasteiger partial charge < -0.3 is 23.8 Å². The fraction of sp³-hybridized carbons (Fsp3) is 0.192. The van der Waals surface area contributed by atoms with E-state index in [-0.39, 0.29) is 29.9 Å². The first-order valence-corrected chi connectivity index (χ1v) is 10.7. The minimum atomic E-state index is -0.727. The number of rotatable bonds is 8. The third-order valence-corrected chi connectivity index (χ3v) is 5.44. The lowest BCUT2D eigenvalue weighted by atomic mass is 10.1. The van der Waals surface area contributed by atoms with E-state index >= 15 is 0 Å². The summed E-state index contributed by atoms with van der Waals surface area (Å²) in [6, 6.07) is 17.5. The molecule has 8 heteroatoms. The highest BCUT2D eigenvalue weighted by Crippen LogP contribution is 2.20. The smallest absolute Gasteiger partial charge is 0.349 e. The Bertz CT molecular complexity index is 1440. The molecule has 2 aromatic heterocycles. The summed E-state index contributed by atoms with van der Waals surface area (Å²) in [4.78, 5) is 37.2. The third kappa shape index (κ3) is 5.01. The van der Waals surface area contributed by atoms with E-state index in [9.17, 15) is 14.4 Å². The molecule has 0 aliphatic heterocycles. The van der Waals surface area contributed by atoms with E-state index in [4.69, 9.17) is 13.9 Å². The van der Waals surface area contributed by atoms with Crippen molar-refractivity contribution in [2.75, 3.05) is 13.7 Å². The number of benzene rings is 2. The number of hydrogen-bond donors (Lipinski definition) is 1. The van der Waals surface area contributed by atoms with Gasteiger partial charge in [0.1, 0.15) is 23.5 Å². The molecule has 0 aliphatic rings. The van der Waals surface area contributed by atoms with Crippen LogP contribution in [0.2, 0.25) is 0 Å². The van der Waals surface area contributed by atoms with E-state index in [1.54, 1.807) is 31.3 Å². The highest BCUT2D eigenvalue weighted by atomic mass is 16.5. The summed E-state index contributed by atoms with van der Waals surface area (Å²) >= 11 is 0. The van der Waals surface area contributed by atoms with E-state index in [1.165, 1.54) is 19.2 Å². The standard InChI is InChI=1S/C26H24N2O6/c1-17-24(33-16-18-6-4-3-5-7-18)22(29)10-12-28(17)13-11-27-25(30)21-14-19-8-9-20(32-2)15-23(19)34-26(21)31/h3-10,12,14-15H,11,13,16H2,1-2H3,(H,27,30). The van der Waals surface area contributed by atoms with Crippen LogP contribution in [-0.2, 0) is 13.2 Å². The fourth-order valence-corrected chi connectivity index (χ4v) is 3.56. The summed E-state index contributed by atoms with van der Waals surface area (Å²) in [6.45, 7) is 2.69. The Kier molecular flexibility index (Phi) is 6.77. The van der Waals surface area contributed by atoms with Gasteiger partial charge in [-0.05, 0) is 30.7 Å². The average molecular weight is 460 g/mol. The van der Waals surface area contributed by atoms with Crippen molar-refractivity contribution >= 4 is 16.9 Å². The van der Waals surface area contributed by atoms with Gasteiger partial charge in [0.2, 0.25) is 5.43 Å². The molecule has 1 N–H and O–H groups in total. The van der Waals surface area contributed by atoms with Crippen molar-refractivity contribution < 1.29 is 18.7 Å². The van der Waals surface area contributed by atoms with Crippen LogP contribution in [0.3, 0.4) is 0 Å². The Morgan fingerprint density at radius 2 is 1.85 bits per heavy atom. The molecule has 34 heavy (non-hydrogen) atoms. The number of pyridine rings is 1. The minimum absolute atomic E-state index is 0.0822. The van der Waals surface area contributed by atoms with Crippen LogP contribution in [0.4, 0.5) is 0 Å². The number of carbonyl (C=O) groups is 1. The molecule has 2 aromatic carbocycles. The van der Waals surface area contributed by atoms with E-state index in [0.29, 0.717) is 29.0 Å². The second-order valence-corrected chi connectivity index (χ2v) is 7.67. The van der Waals surface area contributed by atoms with Crippen molar-refractivity contribution in [2.45, 2.75) is 20.1 Å². The zero-order valence-corrected chi connectivity index (χ0v) is 18.9. The zero-order valence-electron chi connectivity index (χ0n) is 18.9. The van der Waals surface area contributed by atoms with E-state index in [0.717, 1.165) is 5.56 Å². The van der Waals surface area contributed by atoms with E-state index in [2.05, 4.69) is 5.32 Å². The summed E-state index contributed by atoms with van der Waals surface area (Å²) in [7, 11) is 1.52. The van der Waals surface area contributed by atoms with Gasteiger partial charge in [0.15, 0.2) is 5.75 Å². The maximum absolute atomic E-state index is 12.6. The summed E-state index contributed by atoms with van der Waals surface area (Å²) in [6.07, 6.45) is 1.65. The number of nitrogens with zero attached hydrogens (tertiary/aromatic N) is 1. The van der Waals surface area contributed by atoms with Gasteiger partial charge in [0.25, 0.3) is 5.91 Å². The zero-order chi connectivity index (χ0) is 24.1. The predicted molar refractivity (Wildman–Crippen MR) is 128 cm³/mol. The number of ether oxygens (including phenoxy) is 2. The molecule has 2 heterocycles. The van der Waals surface area contributed by atoms with Gasteiger partial charge >= 0.3 is 5.63 Å². The maximum atomic E-state index is 12.6. The lowest BCUT2D eigenvalue weighted by molar-refractivity contribution is 0.0948. The molecule has 174 valence electrons. The Hall–Kier alpha value is -4.33. The molecule has 8 nitrogen and oxygen atoms in total. The number of aromatic nitrogens is 1. The summed E-state index contributed by atoms with van der Waals surface area (Å²) < 4.78 is 18.0. The van der Waals surface area contributed by atoms with Gasteiger partial charge in [-0.25, -0.2) is 4.79 Å². The summed E-state index contributed by atoms with van der Waals surface area (Å²) in [5.74, 6) is 0.283. The van der Waals surface area contributed by atoms with Crippen molar-refractivity contribution in [3.63, 3.8) is 0 Å². The summed E-state index contributed by atoms with van der Waals surface area (Å²) in [5.41, 5.74) is 0.927. The first-order valence-electron chi connectivity index (χ1n) is 10.7. The normalized spacial score (nSPS) is 10.8. The minimum Gasteiger partial charge on any atom is -0.497 e. The second kappa shape index (κ2) is 10.1. The topological polar surface area (TPSA) is 99.8 Å². The predicted octanol–water partition coefficient (Wildman–Crippen LogP) is 3.28. The molecule has 1 amide bonds. The van der Waals surface area contributed by atoms with Crippen LogP contribution in [0.15, 0.2) is 80.9 Å². The molecule has 0 saturated heterocycles. The molecule has 0 atom stereocenters. The number of amides is 1. The van der Waals surface area contributed by atoms with Gasteiger partial charge in [-0.3, -0.25) is 9.59 Å². The maximum Gasteiger partial charge on any atom is 0.349 e. The lowest BCUT2D eigenvalue weighted by Crippen LogP contribution is -2.31. The van der Waals surface area contributed by atoms with Crippen LogP contribution < -0.4 is 25.8 Å². The SMILES string of the molecule is COc1ccc2cc(C(=O)NCCn3ccc(=O)c(OCc4ccccc4)c3C)c(=O)oc2c1. The molecule has 0 radical (unpaired) electrons. The van der Waals surface area contributed by atoms with Crippen LogP contribution in [0, 0.1) is 6.92 Å². The molecule has 0 fully saturated rings. The Balaban J connectivity index is 1.43. The average Bonchev–Trinajstić information content (AvgIpc) is 2.85. The lowest BCUT2D eigenvalue weighted by Gasteiger charge is -2.15. The van der Waals surface area contributed by atoms with Crippen LogP contribution in [-0.4, -0.2) is 24.1 Å². The summed E-state index contributed by atoms with van der Waals surface area (Å²) in [5, 5.41) is 3.34. The van der Waals surface area contributed by atoms with Gasteiger partial charge in [-0.2, -0.15) is 0 Å². The largest absolute Gasteiger partial charge is 0.497 e. The van der Waals surface area contributed by atoms with Gasteiger partial charge in [-0.15, -0.1) is 0 Å². The molecular weight excluding hydrogens is 436 g/mol. The second-order valence-electron chi connectivity index (χ2n) is 7.67. The van der Waals surface area contributed by atoms with Crippen LogP contribution in [0.25, 0.3) is 11.0 Å². The van der Waals surface area contributed by atoms with Crippen LogP contribution in [0.5, 0.6) is 11.5 Å². The molecule has 0 saturated carbocycles. The Labute approximate surface area is 195 Å². The van der Waals surface area contributed by atoms with Crippen molar-refractivity contribution in [3.05, 3.63) is 104 Å². The monoisotopic (exact) mass is 460 g/mol. The molecule has 4 aromatic rings. The first kappa shape index (κ1) is 22.8. The Morgan fingerprint density at radius 3 is 2.62 bits per heavy atom.